The number of nitrogens with zero attached hydrogens (tertiary/aromatic N) is 2. The average molecular weight is 412 g/mol. The molecule has 0 bridgehead atoms. The lowest BCUT2D eigenvalue weighted by Crippen LogP contribution is -2.04. The second kappa shape index (κ2) is 9.58. The first-order valence-corrected chi connectivity index (χ1v) is 9.93. The summed E-state index contributed by atoms with van der Waals surface area (Å²) in [5.41, 5.74) is 6.17. The van der Waals surface area contributed by atoms with E-state index in [0.29, 0.717) is 16.8 Å². The van der Waals surface area contributed by atoms with E-state index in [1.165, 1.54) is 0 Å². The van der Waals surface area contributed by atoms with Gasteiger partial charge < -0.3 is 21.1 Å². The predicted molar refractivity (Wildman–Crippen MR) is 121 cm³/mol. The van der Waals surface area contributed by atoms with Gasteiger partial charge in [-0.2, -0.15) is 4.98 Å². The lowest BCUT2D eigenvalue weighted by Gasteiger charge is -2.15. The molecule has 1 heterocycles. The van der Waals surface area contributed by atoms with Gasteiger partial charge >= 0.3 is 0 Å². The van der Waals surface area contributed by atoms with Gasteiger partial charge in [-0.3, -0.25) is 0 Å². The molecule has 0 atom stereocenters. The second-order valence-corrected chi connectivity index (χ2v) is 7.32. The van der Waals surface area contributed by atoms with Crippen molar-refractivity contribution in [2.45, 2.75) is 26.7 Å². The molecule has 3 aromatic rings. The van der Waals surface area contributed by atoms with Crippen molar-refractivity contribution >= 4 is 40.4 Å². The number of nitrogens with one attached hydrogen (secondary N) is 3. The molecule has 0 spiro atoms. The fourth-order valence-corrected chi connectivity index (χ4v) is 3.12. The molecule has 0 saturated heterocycles. The van der Waals surface area contributed by atoms with E-state index in [4.69, 9.17) is 16.7 Å². The fourth-order valence-electron chi connectivity index (χ4n) is 2.98. The van der Waals surface area contributed by atoms with Gasteiger partial charge in [0, 0.05) is 19.3 Å². The number of aliphatic hydroxyl groups is 1. The number of anilines is 5. The van der Waals surface area contributed by atoms with Gasteiger partial charge in [0.2, 0.25) is 5.95 Å². The molecule has 0 saturated carbocycles. The summed E-state index contributed by atoms with van der Waals surface area (Å²) in [5.74, 6) is 0.982. The first kappa shape index (κ1) is 20.9. The smallest absolute Gasteiger partial charge is 0.229 e. The highest BCUT2D eigenvalue weighted by atomic mass is 35.5. The van der Waals surface area contributed by atoms with Gasteiger partial charge in [0.1, 0.15) is 5.02 Å². The summed E-state index contributed by atoms with van der Waals surface area (Å²) in [6, 6.07) is 12.3. The number of aromatic nitrogens is 2. The zero-order valence-electron chi connectivity index (χ0n) is 16.9. The highest BCUT2D eigenvalue weighted by Crippen LogP contribution is 2.30. The molecule has 29 heavy (non-hydrogen) atoms. The van der Waals surface area contributed by atoms with Gasteiger partial charge in [0.15, 0.2) is 5.82 Å². The highest BCUT2D eigenvalue weighted by molar-refractivity contribution is 6.33. The SMILES string of the molecule is CNc1cc(C)ccc1Nc1nc(Nc2cc(CCCO)ccc2C)ncc1Cl. The Kier molecular flexibility index (Phi) is 6.90. The van der Waals surface area contributed by atoms with E-state index in [-0.39, 0.29) is 6.61 Å². The Morgan fingerprint density at radius 1 is 1.00 bits per heavy atom. The highest BCUT2D eigenvalue weighted by Gasteiger charge is 2.10. The maximum absolute atomic E-state index is 9.06. The Bertz CT molecular complexity index is 993. The molecule has 0 unspecified atom stereocenters. The van der Waals surface area contributed by atoms with Crippen LogP contribution in [0.2, 0.25) is 5.02 Å². The average Bonchev–Trinajstić information content (AvgIpc) is 2.72. The van der Waals surface area contributed by atoms with Crippen LogP contribution in [0.25, 0.3) is 0 Å². The minimum atomic E-state index is 0.180. The Morgan fingerprint density at radius 2 is 1.83 bits per heavy atom. The standard InChI is InChI=1S/C22H26ClN5O/c1-14-6-9-18(20(11-14)24-3)26-21-17(23)13-25-22(28-21)27-19-12-16(5-4-10-29)8-7-15(19)2/h6-9,11-13,24,29H,4-5,10H2,1-3H3,(H2,25,26,27,28). The molecule has 152 valence electrons. The monoisotopic (exact) mass is 411 g/mol. The summed E-state index contributed by atoms with van der Waals surface area (Å²) in [6.45, 7) is 4.25. The first-order valence-electron chi connectivity index (χ1n) is 9.55. The van der Waals surface area contributed by atoms with E-state index in [0.717, 1.165) is 46.6 Å². The van der Waals surface area contributed by atoms with Crippen molar-refractivity contribution in [3.05, 3.63) is 64.3 Å². The Morgan fingerprint density at radius 3 is 2.59 bits per heavy atom. The lowest BCUT2D eigenvalue weighted by molar-refractivity contribution is 0.288. The van der Waals surface area contributed by atoms with Crippen LogP contribution >= 0.6 is 11.6 Å². The molecule has 0 fully saturated rings. The molecule has 4 N–H and O–H groups in total. The van der Waals surface area contributed by atoms with Crippen molar-refractivity contribution in [2.24, 2.45) is 0 Å². The van der Waals surface area contributed by atoms with Crippen LogP contribution in [0.1, 0.15) is 23.1 Å². The van der Waals surface area contributed by atoms with E-state index >= 15 is 0 Å². The molecular weight excluding hydrogens is 386 g/mol. The Balaban J connectivity index is 1.84. The fraction of sp³-hybridized carbons (Fsp3) is 0.273. The van der Waals surface area contributed by atoms with Gasteiger partial charge in [-0.05, 0) is 61.6 Å². The normalized spacial score (nSPS) is 10.7. The molecule has 0 aliphatic rings. The van der Waals surface area contributed by atoms with Gasteiger partial charge in [-0.25, -0.2) is 4.98 Å². The predicted octanol–water partition coefficient (Wildman–Crippen LogP) is 5.20. The van der Waals surface area contributed by atoms with Crippen molar-refractivity contribution < 1.29 is 5.11 Å². The van der Waals surface area contributed by atoms with E-state index in [2.05, 4.69) is 50.2 Å². The van der Waals surface area contributed by atoms with E-state index in [1.807, 2.05) is 33.0 Å². The third-order valence-electron chi connectivity index (χ3n) is 4.61. The topological polar surface area (TPSA) is 82.1 Å². The molecule has 6 nitrogen and oxygen atoms in total. The summed E-state index contributed by atoms with van der Waals surface area (Å²) in [7, 11) is 1.88. The van der Waals surface area contributed by atoms with Crippen LogP contribution < -0.4 is 16.0 Å². The van der Waals surface area contributed by atoms with E-state index in [1.54, 1.807) is 6.20 Å². The second-order valence-electron chi connectivity index (χ2n) is 6.92. The summed E-state index contributed by atoms with van der Waals surface area (Å²) in [4.78, 5) is 8.88. The number of halogens is 1. The molecule has 0 aliphatic heterocycles. The summed E-state index contributed by atoms with van der Waals surface area (Å²) < 4.78 is 0. The van der Waals surface area contributed by atoms with Gasteiger partial charge in [0.05, 0.1) is 17.6 Å². The van der Waals surface area contributed by atoms with Crippen LogP contribution in [0.15, 0.2) is 42.6 Å². The van der Waals surface area contributed by atoms with Crippen molar-refractivity contribution in [2.75, 3.05) is 29.6 Å². The largest absolute Gasteiger partial charge is 0.396 e. The van der Waals surface area contributed by atoms with Gasteiger partial charge in [0.25, 0.3) is 0 Å². The molecule has 3 rings (SSSR count). The summed E-state index contributed by atoms with van der Waals surface area (Å²) >= 11 is 6.33. The lowest BCUT2D eigenvalue weighted by atomic mass is 10.1. The van der Waals surface area contributed by atoms with Crippen molar-refractivity contribution in [3.8, 4) is 0 Å². The zero-order valence-corrected chi connectivity index (χ0v) is 17.6. The van der Waals surface area contributed by atoms with Crippen LogP contribution in [-0.4, -0.2) is 28.7 Å². The maximum atomic E-state index is 9.06. The zero-order chi connectivity index (χ0) is 20.8. The van der Waals surface area contributed by atoms with Crippen LogP contribution in [0, 0.1) is 13.8 Å². The van der Waals surface area contributed by atoms with Crippen molar-refractivity contribution in [1.82, 2.24) is 9.97 Å². The molecular formula is C22H26ClN5O. The van der Waals surface area contributed by atoms with Gasteiger partial charge in [-0.15, -0.1) is 0 Å². The number of aliphatic hydroxyl groups excluding tert-OH is 1. The van der Waals surface area contributed by atoms with Crippen LogP contribution in [-0.2, 0) is 6.42 Å². The summed E-state index contributed by atoms with van der Waals surface area (Å²) in [5, 5.41) is 19.2. The van der Waals surface area contributed by atoms with E-state index in [9.17, 15) is 0 Å². The number of benzene rings is 2. The van der Waals surface area contributed by atoms with E-state index < -0.39 is 0 Å². The quantitative estimate of drug-likeness (QED) is 0.408. The molecule has 1 aromatic heterocycles. The van der Waals surface area contributed by atoms with Crippen LogP contribution in [0.3, 0.4) is 0 Å². The maximum Gasteiger partial charge on any atom is 0.229 e. The Hall–Kier alpha value is -2.83. The summed E-state index contributed by atoms with van der Waals surface area (Å²) in [6.07, 6.45) is 3.13. The van der Waals surface area contributed by atoms with Crippen molar-refractivity contribution in [3.63, 3.8) is 0 Å². The van der Waals surface area contributed by atoms with Crippen LogP contribution in [0.5, 0.6) is 0 Å². The van der Waals surface area contributed by atoms with Crippen molar-refractivity contribution in [1.29, 1.82) is 0 Å². The number of hydrogen-bond donors (Lipinski definition) is 4. The molecule has 0 amide bonds. The minimum absolute atomic E-state index is 0.180. The van der Waals surface area contributed by atoms with Gasteiger partial charge in [-0.1, -0.05) is 29.8 Å². The number of rotatable bonds is 8. The number of aryl methyl sites for hydroxylation is 3. The first-order chi connectivity index (χ1) is 14.0. The van der Waals surface area contributed by atoms with Crippen LogP contribution in [0.4, 0.5) is 28.8 Å². The number of hydrogen-bond acceptors (Lipinski definition) is 6. The molecule has 2 aromatic carbocycles. The molecule has 0 aliphatic carbocycles. The minimum Gasteiger partial charge on any atom is -0.396 e. The third-order valence-corrected chi connectivity index (χ3v) is 4.89. The Labute approximate surface area is 176 Å². The molecule has 0 radical (unpaired) electrons. The molecule has 7 heteroatoms. The third kappa shape index (κ3) is 5.37.